The molecule has 1 amide bonds. The number of piperidine rings is 1. The SMILES string of the molecule is C=C1[C@H](C)C[C@H](C)C2CC[C@H](/C=C(\C)[C@@H](OC)C[C@@H]3CC[C@@H](C)[C@@](O)(O3)C(=O)C(=O)N3CCCC[C@H]3C(=O)O[C@H]([C@H](C)C[C@@H]3CC[C@@H](O)[C@H](OC)C3)CC(=O)[C@H](C)/C=C(\C)[C@@H](O)[C@H]1OC)ON2c1ccccc1. The van der Waals surface area contributed by atoms with Gasteiger partial charge in [-0.25, -0.2) is 4.79 Å². The number of carbonyl (C=O) groups excluding carboxylic acids is 4. The van der Waals surface area contributed by atoms with E-state index in [2.05, 4.69) is 26.5 Å². The van der Waals surface area contributed by atoms with E-state index < -0.39 is 77.9 Å². The normalized spacial score (nSPS) is 39.5. The third-order valence-corrected chi connectivity index (χ3v) is 17.1. The number of ether oxygens (including phenoxy) is 5. The van der Waals surface area contributed by atoms with Crippen molar-refractivity contribution in [3.05, 3.63) is 65.8 Å². The maximum Gasteiger partial charge on any atom is 0.329 e. The van der Waals surface area contributed by atoms with Crippen LogP contribution in [0.3, 0.4) is 0 Å². The fourth-order valence-electron chi connectivity index (χ4n) is 12.3. The average Bonchev–Trinajstić information content (AvgIpc) is 3.38. The number of nitrogens with zero attached hydrogens (tertiary/aromatic N) is 2. The van der Waals surface area contributed by atoms with E-state index in [0.29, 0.717) is 56.9 Å². The van der Waals surface area contributed by atoms with Gasteiger partial charge in [-0.1, -0.05) is 71.5 Å². The third-order valence-electron chi connectivity index (χ3n) is 17.1. The number of ketones is 2. The Bertz CT molecular complexity index is 2100. The number of carbonyl (C=O) groups is 4. The lowest BCUT2D eigenvalue weighted by Crippen LogP contribution is -2.61. The van der Waals surface area contributed by atoms with Gasteiger partial charge in [0.1, 0.15) is 36.2 Å². The van der Waals surface area contributed by atoms with Crippen LogP contribution >= 0.6 is 0 Å². The number of Topliss-reactive ketones (excluding diaryl/α,β-unsaturated/α-hetero) is 2. The Labute approximate surface area is 434 Å². The maximum atomic E-state index is 14.5. The highest BCUT2D eigenvalue weighted by molar-refractivity contribution is 6.39. The minimum atomic E-state index is -2.45. The van der Waals surface area contributed by atoms with Crippen LogP contribution in [-0.2, 0) is 47.7 Å². The van der Waals surface area contributed by atoms with Crippen molar-refractivity contribution >= 4 is 29.1 Å². The molecular weight excluding hydrogens is 933 g/mol. The quantitative estimate of drug-likeness (QED) is 0.135. The molecule has 1 aromatic carbocycles. The molecule has 0 radical (unpaired) electrons. The van der Waals surface area contributed by atoms with E-state index in [0.717, 1.165) is 42.5 Å². The van der Waals surface area contributed by atoms with Crippen LogP contribution in [0.5, 0.6) is 0 Å². The Balaban J connectivity index is 1.34. The summed E-state index contributed by atoms with van der Waals surface area (Å²) in [6, 6.07) is 8.90. The summed E-state index contributed by atoms with van der Waals surface area (Å²) >= 11 is 0. The number of aliphatic hydroxyl groups excluding tert-OH is 2. The number of anilines is 1. The lowest BCUT2D eigenvalue weighted by atomic mass is 9.78. The molecule has 3 saturated heterocycles. The number of benzene rings is 1. The molecule has 1 aromatic rings. The summed E-state index contributed by atoms with van der Waals surface area (Å²) in [7, 11) is 4.75. The number of amides is 1. The summed E-state index contributed by atoms with van der Waals surface area (Å²) in [6.07, 6.45) is 6.02. The summed E-state index contributed by atoms with van der Waals surface area (Å²) in [4.78, 5) is 65.8. The molecule has 6 aliphatic rings. The molecule has 17 atom stereocenters. The summed E-state index contributed by atoms with van der Waals surface area (Å²) < 4.78 is 30.3. The van der Waals surface area contributed by atoms with E-state index in [-0.39, 0.29) is 67.1 Å². The molecule has 3 N–H and O–H groups in total. The summed E-state index contributed by atoms with van der Waals surface area (Å²) in [5.41, 5.74) is 3.10. The van der Waals surface area contributed by atoms with Gasteiger partial charge in [-0.3, -0.25) is 24.3 Å². The Morgan fingerprint density at radius 1 is 0.836 bits per heavy atom. The minimum Gasteiger partial charge on any atom is -0.460 e. The van der Waals surface area contributed by atoms with Gasteiger partial charge in [-0.05, 0) is 143 Å². The average molecular weight is 1020 g/mol. The molecule has 0 aromatic heterocycles. The molecule has 408 valence electrons. The molecule has 15 nitrogen and oxygen atoms in total. The van der Waals surface area contributed by atoms with E-state index in [9.17, 15) is 34.5 Å². The van der Waals surface area contributed by atoms with Gasteiger partial charge in [-0.2, -0.15) is 0 Å². The van der Waals surface area contributed by atoms with Gasteiger partial charge in [0, 0.05) is 52.6 Å². The number of hydroxylamine groups is 1. The van der Waals surface area contributed by atoms with Gasteiger partial charge in [0.25, 0.3) is 11.7 Å². The first kappa shape index (κ1) is 58.5. The molecule has 5 heterocycles. The highest BCUT2D eigenvalue weighted by Crippen LogP contribution is 2.40. The fourth-order valence-corrected chi connectivity index (χ4v) is 12.3. The van der Waals surface area contributed by atoms with Gasteiger partial charge in [-0.15, -0.1) is 0 Å². The first-order chi connectivity index (χ1) is 34.7. The Hall–Kier alpha value is -3.80. The minimum absolute atomic E-state index is 0.00991. The number of aliphatic hydroxyl groups is 3. The monoisotopic (exact) mass is 1020 g/mol. The number of hydrogen-bond acceptors (Lipinski definition) is 14. The molecule has 4 bridgehead atoms. The van der Waals surface area contributed by atoms with Crippen molar-refractivity contribution in [2.24, 2.45) is 35.5 Å². The molecule has 73 heavy (non-hydrogen) atoms. The largest absolute Gasteiger partial charge is 0.460 e. The molecule has 7 rings (SSSR count). The van der Waals surface area contributed by atoms with Crippen LogP contribution < -0.4 is 5.06 Å². The third kappa shape index (κ3) is 14.2. The Morgan fingerprint density at radius 3 is 2.25 bits per heavy atom. The number of hydrogen-bond donors (Lipinski definition) is 3. The first-order valence-electron chi connectivity index (χ1n) is 27.2. The molecule has 5 aliphatic heterocycles. The van der Waals surface area contributed by atoms with Crippen molar-refractivity contribution in [2.45, 2.75) is 205 Å². The van der Waals surface area contributed by atoms with Crippen LogP contribution in [0.4, 0.5) is 5.69 Å². The molecular formula is C58H88N2O13. The van der Waals surface area contributed by atoms with Gasteiger partial charge in [0.05, 0.1) is 36.1 Å². The predicted molar refractivity (Wildman–Crippen MR) is 278 cm³/mol. The number of para-hydroxylation sites is 1. The number of methoxy groups -OCH3 is 3. The van der Waals surface area contributed by atoms with E-state index in [1.165, 1.54) is 4.90 Å². The van der Waals surface area contributed by atoms with Crippen molar-refractivity contribution < 1.29 is 63.0 Å². The summed E-state index contributed by atoms with van der Waals surface area (Å²) in [6.45, 7) is 18.0. The lowest BCUT2D eigenvalue weighted by molar-refractivity contribution is -0.265. The smallest absolute Gasteiger partial charge is 0.329 e. The zero-order valence-corrected chi connectivity index (χ0v) is 45.4. The van der Waals surface area contributed by atoms with E-state index >= 15 is 0 Å². The zero-order valence-electron chi connectivity index (χ0n) is 45.4. The molecule has 1 aliphatic carbocycles. The number of allylic oxidation sites excluding steroid dienone is 1. The second-order valence-electron chi connectivity index (χ2n) is 22.4. The van der Waals surface area contributed by atoms with Gasteiger partial charge < -0.3 is 43.9 Å². The number of esters is 1. The topological polar surface area (TPSA) is 191 Å². The lowest BCUT2D eigenvalue weighted by Gasteiger charge is -2.43. The van der Waals surface area contributed by atoms with Crippen molar-refractivity contribution in [2.75, 3.05) is 32.9 Å². The number of rotatable bonds is 7. The second-order valence-corrected chi connectivity index (χ2v) is 22.4. The van der Waals surface area contributed by atoms with Gasteiger partial charge in [0.15, 0.2) is 0 Å². The van der Waals surface area contributed by atoms with Crippen LogP contribution in [-0.4, -0.2) is 138 Å². The van der Waals surface area contributed by atoms with Crippen LogP contribution in [0.15, 0.2) is 65.8 Å². The maximum absolute atomic E-state index is 14.5. The highest BCUT2D eigenvalue weighted by Gasteiger charge is 2.53. The standard InChI is InChI=1S/C58H88N2O13/c1-34-27-35(2)46-24-23-45(73-60(46)43-17-13-12-14-18-43)30-38(5)50(68-9)32-44-22-20-40(7)58(67,72-44)55(64)56(65)59-26-16-15-19-47(59)57(66)71-51(37(4)29-42-21-25-48(61)52(31-42)69-10)33-49(62)36(3)28-39(6)53(63)54(70-11)41(34)8/h12-14,17-18,28,30,34-37,40,42,44-48,50-54,61,63,67H,8,15-16,19-27,29,31-33H2,1-7,9-11H3/b38-30+,39-28+/t34-,35+,36-,37-,40-,42+,44+,45-,46?,47+,48-,50+,51+,52-,53-,54+,58-/m1/s1. The molecule has 15 heteroatoms. The van der Waals surface area contributed by atoms with Gasteiger partial charge >= 0.3 is 5.97 Å². The van der Waals surface area contributed by atoms with Crippen molar-refractivity contribution in [1.29, 1.82) is 0 Å². The fraction of sp³-hybridized carbons (Fsp3) is 0.724. The summed E-state index contributed by atoms with van der Waals surface area (Å²) in [5.74, 6) is -7.06. The van der Waals surface area contributed by atoms with Crippen LogP contribution in [0, 0.1) is 35.5 Å². The molecule has 0 spiro atoms. The van der Waals surface area contributed by atoms with Crippen molar-refractivity contribution in [1.82, 2.24) is 4.90 Å². The summed E-state index contributed by atoms with van der Waals surface area (Å²) in [5, 5.41) is 36.6. The zero-order chi connectivity index (χ0) is 53.3. The Kier molecular flexibility index (Phi) is 21.1. The molecule has 4 fully saturated rings. The number of fused-ring (bicyclic) bond motifs is 17. The van der Waals surface area contributed by atoms with E-state index in [4.69, 9.17) is 28.5 Å². The van der Waals surface area contributed by atoms with Crippen LogP contribution in [0.2, 0.25) is 0 Å². The van der Waals surface area contributed by atoms with Gasteiger partial charge in [0.2, 0.25) is 5.79 Å². The first-order valence-corrected chi connectivity index (χ1v) is 27.2. The van der Waals surface area contributed by atoms with E-state index in [1.54, 1.807) is 48.2 Å². The van der Waals surface area contributed by atoms with Crippen molar-refractivity contribution in [3.8, 4) is 0 Å². The van der Waals surface area contributed by atoms with Crippen LogP contribution in [0.1, 0.15) is 138 Å². The molecule has 1 saturated carbocycles. The van der Waals surface area contributed by atoms with Crippen molar-refractivity contribution in [3.63, 3.8) is 0 Å². The Morgan fingerprint density at radius 2 is 1.56 bits per heavy atom. The van der Waals surface area contributed by atoms with E-state index in [1.807, 2.05) is 49.2 Å². The highest BCUT2D eigenvalue weighted by atomic mass is 16.7. The molecule has 1 unspecified atom stereocenters. The predicted octanol–water partition coefficient (Wildman–Crippen LogP) is 8.02. The van der Waals surface area contributed by atoms with Crippen LogP contribution in [0.25, 0.3) is 0 Å². The second kappa shape index (κ2) is 26.3.